The average molecular weight is 443 g/mol. The van der Waals surface area contributed by atoms with Crippen molar-refractivity contribution in [2.24, 2.45) is 0 Å². The monoisotopic (exact) mass is 442 g/mol. The highest BCUT2D eigenvalue weighted by atomic mass is 35.5. The molecule has 1 aliphatic heterocycles. The van der Waals surface area contributed by atoms with Crippen LogP contribution < -0.4 is 5.32 Å². The van der Waals surface area contributed by atoms with Gasteiger partial charge in [-0.2, -0.15) is 0 Å². The highest BCUT2D eigenvalue weighted by Crippen LogP contribution is 2.39. The second-order valence-electron chi connectivity index (χ2n) is 7.10. The van der Waals surface area contributed by atoms with Gasteiger partial charge >= 0.3 is 0 Å². The van der Waals surface area contributed by atoms with Crippen LogP contribution in [0.15, 0.2) is 54.6 Å². The third kappa shape index (κ3) is 4.54. The van der Waals surface area contributed by atoms with E-state index in [4.69, 9.17) is 11.6 Å². The van der Waals surface area contributed by atoms with Gasteiger partial charge in [0.15, 0.2) is 11.0 Å². The predicted octanol–water partition coefficient (Wildman–Crippen LogP) is 4.52. The van der Waals surface area contributed by atoms with Gasteiger partial charge in [0.1, 0.15) is 11.6 Å². The first-order valence-electron chi connectivity index (χ1n) is 9.55. The van der Waals surface area contributed by atoms with Crippen molar-refractivity contribution in [3.63, 3.8) is 0 Å². The van der Waals surface area contributed by atoms with Gasteiger partial charge in [-0.05, 0) is 48.4 Å². The lowest BCUT2D eigenvalue weighted by atomic mass is 9.99. The zero-order chi connectivity index (χ0) is 22.0. The minimum atomic E-state index is -0.629. The Morgan fingerprint density at radius 2 is 1.84 bits per heavy atom. The molecule has 4 rings (SSSR count). The molecule has 0 spiro atoms. The third-order valence-electron chi connectivity index (χ3n) is 5.06. The molecule has 0 radical (unpaired) electrons. The molecule has 0 aliphatic carbocycles. The molecule has 0 fully saturated rings. The largest absolute Gasteiger partial charge is 0.327 e. The van der Waals surface area contributed by atoms with E-state index in [2.05, 4.69) is 15.5 Å². The molecule has 0 saturated carbocycles. The minimum Gasteiger partial charge on any atom is -0.327 e. The normalized spacial score (nSPS) is 15.1. The summed E-state index contributed by atoms with van der Waals surface area (Å²) in [5, 5.41) is 10.2. The second kappa shape index (κ2) is 8.77. The Morgan fingerprint density at radius 3 is 2.55 bits per heavy atom. The van der Waals surface area contributed by atoms with E-state index in [0.717, 1.165) is 0 Å². The summed E-state index contributed by atoms with van der Waals surface area (Å²) in [7, 11) is 0. The Morgan fingerprint density at radius 1 is 1.06 bits per heavy atom. The number of nitrogens with zero attached hydrogens (tertiary/aromatic N) is 3. The van der Waals surface area contributed by atoms with E-state index >= 15 is 0 Å². The number of carbonyl (C=O) groups excluding carboxylic acids is 2. The van der Waals surface area contributed by atoms with Gasteiger partial charge in [-0.1, -0.05) is 29.8 Å². The Bertz CT molecular complexity index is 1120. The van der Waals surface area contributed by atoms with Crippen molar-refractivity contribution in [1.29, 1.82) is 0 Å². The number of hydrogen-bond donors (Lipinski definition) is 1. The van der Waals surface area contributed by atoms with E-state index in [1.807, 2.05) is 0 Å². The lowest BCUT2D eigenvalue weighted by Crippen LogP contribution is -2.28. The molecule has 2 aromatic carbocycles. The smallest absolute Gasteiger partial charge is 0.255 e. The van der Waals surface area contributed by atoms with Gasteiger partial charge in [0.25, 0.3) is 5.91 Å². The molecule has 2 heterocycles. The number of anilines is 1. The van der Waals surface area contributed by atoms with Crippen LogP contribution in [0.25, 0.3) is 0 Å². The predicted molar refractivity (Wildman–Crippen MR) is 110 cm³/mol. The number of aromatic nitrogens is 2. The number of carbonyl (C=O) groups is 2. The van der Waals surface area contributed by atoms with Gasteiger partial charge < -0.3 is 10.2 Å². The lowest BCUT2D eigenvalue weighted by molar-refractivity contribution is -0.116. The summed E-state index contributed by atoms with van der Waals surface area (Å²) in [5.41, 5.74) is 1.25. The molecule has 9 heteroatoms. The molecule has 2 amide bonds. The number of fused-ring (bicyclic) bond motifs is 1. The van der Waals surface area contributed by atoms with E-state index in [-0.39, 0.29) is 59.1 Å². The zero-order valence-corrected chi connectivity index (χ0v) is 16.9. The topological polar surface area (TPSA) is 75.2 Å². The van der Waals surface area contributed by atoms with Crippen LogP contribution in [0.3, 0.4) is 0 Å². The molecule has 1 unspecified atom stereocenters. The number of amides is 2. The Kier molecular flexibility index (Phi) is 5.90. The van der Waals surface area contributed by atoms with Crippen LogP contribution in [0.2, 0.25) is 5.15 Å². The molecule has 0 bridgehead atoms. The number of nitrogens with one attached hydrogen (secondary N) is 1. The fraction of sp³-hybridized carbons (Fsp3) is 0.182. The molecule has 1 atom stereocenters. The summed E-state index contributed by atoms with van der Waals surface area (Å²) in [6, 6.07) is 12.5. The van der Waals surface area contributed by atoms with Gasteiger partial charge in [0.2, 0.25) is 5.91 Å². The summed E-state index contributed by atoms with van der Waals surface area (Å²) in [4.78, 5) is 26.8. The SMILES string of the molecule is O=C(CCC1c2c(F)cccc2C(=O)N1Cc1ccc(F)cc1)Nc1ccc(Cl)nn1. The Balaban J connectivity index is 1.53. The summed E-state index contributed by atoms with van der Waals surface area (Å²) < 4.78 is 27.9. The molecule has 31 heavy (non-hydrogen) atoms. The summed E-state index contributed by atoms with van der Waals surface area (Å²) >= 11 is 5.68. The summed E-state index contributed by atoms with van der Waals surface area (Å²) in [6.45, 7) is 0.169. The third-order valence-corrected chi connectivity index (χ3v) is 5.27. The summed E-state index contributed by atoms with van der Waals surface area (Å²) in [6.07, 6.45) is 0.226. The second-order valence-corrected chi connectivity index (χ2v) is 7.49. The molecule has 3 aromatic rings. The molecule has 1 aliphatic rings. The maximum absolute atomic E-state index is 14.6. The fourth-order valence-corrected chi connectivity index (χ4v) is 3.74. The van der Waals surface area contributed by atoms with Crippen molar-refractivity contribution in [2.75, 3.05) is 5.32 Å². The van der Waals surface area contributed by atoms with Crippen molar-refractivity contribution in [2.45, 2.75) is 25.4 Å². The van der Waals surface area contributed by atoms with Crippen LogP contribution in [0.4, 0.5) is 14.6 Å². The van der Waals surface area contributed by atoms with Gasteiger partial charge in [-0.3, -0.25) is 9.59 Å². The van der Waals surface area contributed by atoms with E-state index in [1.54, 1.807) is 18.2 Å². The first-order valence-corrected chi connectivity index (χ1v) is 9.93. The molecular formula is C22H17ClF2N4O2. The van der Waals surface area contributed by atoms with Gasteiger partial charge in [0, 0.05) is 24.1 Å². The maximum atomic E-state index is 14.6. The minimum absolute atomic E-state index is 0.0238. The van der Waals surface area contributed by atoms with Crippen LogP contribution in [-0.2, 0) is 11.3 Å². The molecule has 1 N–H and O–H groups in total. The molecule has 6 nitrogen and oxygen atoms in total. The molecule has 158 valence electrons. The number of rotatable bonds is 6. The van der Waals surface area contributed by atoms with Crippen LogP contribution in [-0.4, -0.2) is 26.9 Å². The van der Waals surface area contributed by atoms with Crippen molar-refractivity contribution < 1.29 is 18.4 Å². The van der Waals surface area contributed by atoms with E-state index in [0.29, 0.717) is 5.56 Å². The molecule has 1 aromatic heterocycles. The van der Waals surface area contributed by atoms with Gasteiger partial charge in [-0.25, -0.2) is 8.78 Å². The van der Waals surface area contributed by atoms with Crippen LogP contribution >= 0.6 is 11.6 Å². The van der Waals surface area contributed by atoms with Crippen molar-refractivity contribution >= 4 is 29.2 Å². The van der Waals surface area contributed by atoms with E-state index in [9.17, 15) is 18.4 Å². The van der Waals surface area contributed by atoms with Crippen molar-refractivity contribution in [3.05, 3.63) is 88.1 Å². The quantitative estimate of drug-likeness (QED) is 0.609. The maximum Gasteiger partial charge on any atom is 0.255 e. The van der Waals surface area contributed by atoms with Crippen molar-refractivity contribution in [3.8, 4) is 0 Å². The molecule has 0 saturated heterocycles. The Labute approximate surface area is 181 Å². The average Bonchev–Trinajstić information content (AvgIpc) is 3.02. The fourth-order valence-electron chi connectivity index (χ4n) is 3.64. The standard InChI is InChI=1S/C22H17ClF2N4O2/c23-18-9-10-19(28-27-18)26-20(30)11-8-17-21-15(2-1-3-16(21)25)22(31)29(17)12-13-4-6-14(24)7-5-13/h1-7,9-10,17H,8,11-12H2,(H,26,28,30). The van der Waals surface area contributed by atoms with E-state index < -0.39 is 11.9 Å². The van der Waals surface area contributed by atoms with Gasteiger partial charge in [-0.15, -0.1) is 10.2 Å². The number of benzene rings is 2. The van der Waals surface area contributed by atoms with Crippen molar-refractivity contribution in [1.82, 2.24) is 15.1 Å². The first kappa shape index (κ1) is 20.9. The highest BCUT2D eigenvalue weighted by Gasteiger charge is 2.38. The lowest BCUT2D eigenvalue weighted by Gasteiger charge is -2.25. The first-order chi connectivity index (χ1) is 14.9. The van der Waals surface area contributed by atoms with Gasteiger partial charge in [0.05, 0.1) is 6.04 Å². The molecular weight excluding hydrogens is 426 g/mol. The zero-order valence-electron chi connectivity index (χ0n) is 16.2. The van der Waals surface area contributed by atoms with Crippen LogP contribution in [0, 0.1) is 11.6 Å². The number of halogens is 3. The summed E-state index contributed by atoms with van der Waals surface area (Å²) in [5.74, 6) is -1.32. The highest BCUT2D eigenvalue weighted by molar-refractivity contribution is 6.29. The number of hydrogen-bond acceptors (Lipinski definition) is 4. The Hall–Kier alpha value is -3.39. The van der Waals surface area contributed by atoms with E-state index in [1.165, 1.54) is 41.3 Å². The van der Waals surface area contributed by atoms with Crippen LogP contribution in [0.1, 0.15) is 40.4 Å². The van der Waals surface area contributed by atoms with Crippen LogP contribution in [0.5, 0.6) is 0 Å².